The second-order valence-electron chi connectivity index (χ2n) is 7.59. The molecule has 7 nitrogen and oxygen atoms in total. The number of benzene rings is 2. The first-order valence-corrected chi connectivity index (χ1v) is 10.1. The Morgan fingerprint density at radius 1 is 1.19 bits per heavy atom. The van der Waals surface area contributed by atoms with Crippen molar-refractivity contribution in [2.45, 2.75) is 24.9 Å². The number of fused-ring (bicyclic) bond motifs is 3. The van der Waals surface area contributed by atoms with Gasteiger partial charge in [0, 0.05) is 12.1 Å². The van der Waals surface area contributed by atoms with Gasteiger partial charge in [0.05, 0.1) is 25.8 Å². The zero-order valence-electron chi connectivity index (χ0n) is 17.3. The van der Waals surface area contributed by atoms with Gasteiger partial charge in [-0.25, -0.2) is 4.79 Å². The van der Waals surface area contributed by atoms with Crippen LogP contribution in [-0.2, 0) is 14.3 Å². The first-order chi connectivity index (χ1) is 15.0. The van der Waals surface area contributed by atoms with Crippen molar-refractivity contribution in [3.63, 3.8) is 0 Å². The highest BCUT2D eigenvalue weighted by molar-refractivity contribution is 5.91. The number of esters is 1. The molecule has 2 N–H and O–H groups in total. The van der Waals surface area contributed by atoms with Crippen molar-refractivity contribution in [2.75, 3.05) is 13.7 Å². The number of carbonyl (C=O) groups excluding carboxylic acids is 2. The van der Waals surface area contributed by atoms with Crippen molar-refractivity contribution in [1.29, 1.82) is 5.26 Å². The summed E-state index contributed by atoms with van der Waals surface area (Å²) in [7, 11) is 1.55. The summed E-state index contributed by atoms with van der Waals surface area (Å²) in [5.74, 6) is -1.49. The Balaban J connectivity index is 1.99. The van der Waals surface area contributed by atoms with E-state index in [1.807, 2.05) is 30.3 Å². The van der Waals surface area contributed by atoms with Crippen LogP contribution < -0.4 is 10.5 Å². The maximum Gasteiger partial charge on any atom is 0.329 e. The predicted octanol–water partition coefficient (Wildman–Crippen LogP) is 2.75. The van der Waals surface area contributed by atoms with E-state index in [-0.39, 0.29) is 6.61 Å². The molecular weight excluding hydrogens is 394 g/mol. The molecule has 7 heteroatoms. The molecule has 2 aromatic carbocycles. The van der Waals surface area contributed by atoms with Crippen LogP contribution in [0.4, 0.5) is 0 Å². The van der Waals surface area contributed by atoms with Crippen LogP contribution in [0.15, 0.2) is 54.7 Å². The molecule has 2 aromatic rings. The fraction of sp³-hybridized carbons (Fsp3) is 0.292. The quantitative estimate of drug-likeness (QED) is 0.750. The Hall–Kier alpha value is -3.79. The van der Waals surface area contributed by atoms with E-state index in [0.717, 1.165) is 11.1 Å². The molecule has 0 aromatic heterocycles. The topological polar surface area (TPSA) is 106 Å². The summed E-state index contributed by atoms with van der Waals surface area (Å²) in [6, 6.07) is 15.1. The Labute approximate surface area is 180 Å². The first-order valence-electron chi connectivity index (χ1n) is 10.1. The van der Waals surface area contributed by atoms with Crippen molar-refractivity contribution in [2.24, 2.45) is 11.1 Å². The molecule has 1 saturated heterocycles. The minimum atomic E-state index is -1.69. The standard InChI is InChI=1S/C24H23N3O4/c1-3-31-22(28)20-19(16-8-10-17(30-2)11-9-16)24(14-25,23(26)29)21-18-7-5-4-6-15(18)12-13-27(20)21/h4-13,19-21H,3H2,1-2H3,(H2,26,29)/t19-,20+,21?,24-/m0/s1. The van der Waals surface area contributed by atoms with E-state index in [1.165, 1.54) is 0 Å². The Morgan fingerprint density at radius 2 is 1.90 bits per heavy atom. The average Bonchev–Trinajstić information content (AvgIpc) is 3.11. The van der Waals surface area contributed by atoms with Gasteiger partial charge in [-0.05, 0) is 41.8 Å². The van der Waals surface area contributed by atoms with Gasteiger partial charge < -0.3 is 20.1 Å². The molecule has 0 spiro atoms. The summed E-state index contributed by atoms with van der Waals surface area (Å²) in [6.07, 6.45) is 3.63. The molecule has 1 fully saturated rings. The number of nitrogens with zero attached hydrogens (tertiary/aromatic N) is 2. The van der Waals surface area contributed by atoms with Gasteiger partial charge in [-0.2, -0.15) is 5.26 Å². The van der Waals surface area contributed by atoms with E-state index in [9.17, 15) is 14.9 Å². The molecule has 2 aliphatic heterocycles. The van der Waals surface area contributed by atoms with Crippen LogP contribution in [-0.4, -0.2) is 36.5 Å². The van der Waals surface area contributed by atoms with Crippen LogP contribution in [0.3, 0.4) is 0 Å². The SMILES string of the molecule is CCOC(=O)[C@H]1[C@H](c2ccc(OC)cc2)[C@](C#N)(C(N)=O)C2c3ccccc3C=CN21. The lowest BCUT2D eigenvalue weighted by molar-refractivity contribution is -0.148. The van der Waals surface area contributed by atoms with Crippen molar-refractivity contribution >= 4 is 18.0 Å². The molecule has 0 saturated carbocycles. The molecule has 0 bridgehead atoms. The van der Waals surface area contributed by atoms with Crippen LogP contribution in [0.25, 0.3) is 6.08 Å². The van der Waals surface area contributed by atoms with Crippen LogP contribution in [0.2, 0.25) is 0 Å². The lowest BCUT2D eigenvalue weighted by Crippen LogP contribution is -2.44. The number of nitrogens with two attached hydrogens (primary N) is 1. The van der Waals surface area contributed by atoms with Gasteiger partial charge in [-0.3, -0.25) is 4.79 Å². The molecule has 31 heavy (non-hydrogen) atoms. The maximum absolute atomic E-state index is 13.2. The van der Waals surface area contributed by atoms with Gasteiger partial charge in [-0.1, -0.05) is 36.4 Å². The highest BCUT2D eigenvalue weighted by atomic mass is 16.5. The van der Waals surface area contributed by atoms with Gasteiger partial charge in [-0.15, -0.1) is 0 Å². The van der Waals surface area contributed by atoms with Crippen LogP contribution in [0.5, 0.6) is 5.75 Å². The number of hydrogen-bond acceptors (Lipinski definition) is 6. The van der Waals surface area contributed by atoms with Crippen LogP contribution in [0.1, 0.15) is 35.6 Å². The second kappa shape index (κ2) is 7.80. The van der Waals surface area contributed by atoms with Crippen LogP contribution >= 0.6 is 0 Å². The number of amides is 1. The minimum Gasteiger partial charge on any atom is -0.497 e. The number of primary amides is 1. The van der Waals surface area contributed by atoms with Gasteiger partial charge in [0.15, 0.2) is 5.41 Å². The molecule has 2 heterocycles. The smallest absolute Gasteiger partial charge is 0.329 e. The minimum absolute atomic E-state index is 0.180. The van der Waals surface area contributed by atoms with Gasteiger partial charge in [0.1, 0.15) is 11.8 Å². The maximum atomic E-state index is 13.2. The molecule has 4 atom stereocenters. The van der Waals surface area contributed by atoms with Crippen molar-refractivity contribution in [1.82, 2.24) is 4.90 Å². The summed E-state index contributed by atoms with van der Waals surface area (Å²) in [5, 5.41) is 10.4. The Bertz CT molecular complexity index is 1090. The number of methoxy groups -OCH3 is 1. The summed E-state index contributed by atoms with van der Waals surface area (Å²) >= 11 is 0. The number of rotatable bonds is 5. The van der Waals surface area contributed by atoms with E-state index >= 15 is 0 Å². The lowest BCUT2D eigenvalue weighted by atomic mass is 9.66. The molecular formula is C24H23N3O4. The third-order valence-corrected chi connectivity index (χ3v) is 6.17. The molecule has 1 unspecified atom stereocenters. The highest BCUT2D eigenvalue weighted by Crippen LogP contribution is 2.59. The number of hydrogen-bond donors (Lipinski definition) is 1. The number of nitriles is 1. The predicted molar refractivity (Wildman–Crippen MR) is 113 cm³/mol. The number of ether oxygens (including phenoxy) is 2. The van der Waals surface area contributed by atoms with E-state index in [2.05, 4.69) is 6.07 Å². The van der Waals surface area contributed by atoms with E-state index in [0.29, 0.717) is 11.3 Å². The monoisotopic (exact) mass is 417 g/mol. The fourth-order valence-electron chi connectivity index (χ4n) is 4.87. The molecule has 1 amide bonds. The molecule has 0 aliphatic carbocycles. The third kappa shape index (κ3) is 2.95. The van der Waals surface area contributed by atoms with E-state index < -0.39 is 35.3 Å². The Morgan fingerprint density at radius 3 is 2.52 bits per heavy atom. The summed E-state index contributed by atoms with van der Waals surface area (Å²) in [4.78, 5) is 27.9. The van der Waals surface area contributed by atoms with Crippen LogP contribution in [0, 0.1) is 16.7 Å². The molecule has 158 valence electrons. The lowest BCUT2D eigenvalue weighted by Gasteiger charge is -2.35. The summed E-state index contributed by atoms with van der Waals surface area (Å²) < 4.78 is 10.6. The number of carbonyl (C=O) groups is 2. The molecule has 2 aliphatic rings. The van der Waals surface area contributed by atoms with Gasteiger partial charge >= 0.3 is 5.97 Å². The fourth-order valence-corrected chi connectivity index (χ4v) is 4.87. The normalized spacial score (nSPS) is 25.8. The average molecular weight is 417 g/mol. The Kier molecular flexibility index (Phi) is 5.15. The zero-order valence-corrected chi connectivity index (χ0v) is 17.3. The molecule has 0 radical (unpaired) electrons. The molecule has 4 rings (SSSR count). The van der Waals surface area contributed by atoms with Crippen molar-refractivity contribution in [3.8, 4) is 11.8 Å². The second-order valence-corrected chi connectivity index (χ2v) is 7.59. The van der Waals surface area contributed by atoms with Crippen molar-refractivity contribution < 1.29 is 19.1 Å². The van der Waals surface area contributed by atoms with E-state index in [1.54, 1.807) is 49.4 Å². The first kappa shape index (κ1) is 20.5. The summed E-state index contributed by atoms with van der Waals surface area (Å²) in [6.45, 7) is 1.90. The van der Waals surface area contributed by atoms with Crippen molar-refractivity contribution in [3.05, 3.63) is 71.4 Å². The highest BCUT2D eigenvalue weighted by Gasteiger charge is 2.66. The summed E-state index contributed by atoms with van der Waals surface area (Å²) in [5.41, 5.74) is 6.54. The van der Waals surface area contributed by atoms with Gasteiger partial charge in [0.2, 0.25) is 5.91 Å². The van der Waals surface area contributed by atoms with Gasteiger partial charge in [0.25, 0.3) is 0 Å². The van der Waals surface area contributed by atoms with E-state index in [4.69, 9.17) is 15.2 Å². The zero-order chi connectivity index (χ0) is 22.2. The third-order valence-electron chi connectivity index (χ3n) is 6.17. The largest absolute Gasteiger partial charge is 0.497 e.